The van der Waals surface area contributed by atoms with E-state index in [0.29, 0.717) is 5.69 Å². The van der Waals surface area contributed by atoms with Crippen LogP contribution in [-0.4, -0.2) is 40.7 Å². The van der Waals surface area contributed by atoms with Crippen molar-refractivity contribution in [3.8, 4) is 0 Å². The van der Waals surface area contributed by atoms with Crippen molar-refractivity contribution in [3.63, 3.8) is 0 Å². The number of fused-ring (bicyclic) bond motifs is 1. The number of nitrogens with zero attached hydrogens (tertiary/aromatic N) is 1. The fourth-order valence-electron chi connectivity index (χ4n) is 3.21. The number of hydrogen-bond donors (Lipinski definition) is 1. The number of anilines is 1. The summed E-state index contributed by atoms with van der Waals surface area (Å²) < 4.78 is 18.3. The van der Waals surface area contributed by atoms with Crippen molar-refractivity contribution < 1.29 is 28.3 Å². The molecule has 0 bridgehead atoms. The van der Waals surface area contributed by atoms with Crippen molar-refractivity contribution in [1.29, 1.82) is 0 Å². The molecule has 0 spiro atoms. The van der Waals surface area contributed by atoms with Crippen LogP contribution in [-0.2, 0) is 14.3 Å². The van der Waals surface area contributed by atoms with Crippen LogP contribution in [0.5, 0.6) is 0 Å². The van der Waals surface area contributed by atoms with Gasteiger partial charge in [0.2, 0.25) is 0 Å². The average Bonchev–Trinajstić information content (AvgIpc) is 2.95. The Labute approximate surface area is 172 Å². The highest BCUT2D eigenvalue weighted by atomic mass is 19.1. The minimum Gasteiger partial charge on any atom is -0.451 e. The maximum absolute atomic E-state index is 13.0. The van der Waals surface area contributed by atoms with E-state index in [-0.39, 0.29) is 11.1 Å². The van der Waals surface area contributed by atoms with Gasteiger partial charge >= 0.3 is 5.97 Å². The minimum absolute atomic E-state index is 0.225. The summed E-state index contributed by atoms with van der Waals surface area (Å²) in [6, 6.07) is 10.3. The third-order valence-corrected chi connectivity index (χ3v) is 4.75. The second kappa shape index (κ2) is 8.44. The number of carbonyl (C=O) groups excluding carboxylic acids is 4. The zero-order valence-electron chi connectivity index (χ0n) is 16.7. The molecule has 0 unspecified atom stereocenters. The van der Waals surface area contributed by atoms with Gasteiger partial charge in [-0.1, -0.05) is 26.0 Å². The maximum atomic E-state index is 13.0. The first-order valence-corrected chi connectivity index (χ1v) is 9.44. The molecule has 2 aromatic rings. The van der Waals surface area contributed by atoms with E-state index in [0.717, 1.165) is 4.90 Å². The molecule has 1 aliphatic rings. The number of hydrogen-bond acceptors (Lipinski definition) is 5. The summed E-state index contributed by atoms with van der Waals surface area (Å²) in [5.41, 5.74) is 0.788. The lowest BCUT2D eigenvalue weighted by molar-refractivity contribution is -0.158. The predicted molar refractivity (Wildman–Crippen MR) is 106 cm³/mol. The fourth-order valence-corrected chi connectivity index (χ4v) is 3.21. The Kier molecular flexibility index (Phi) is 5.96. The average molecular weight is 412 g/mol. The van der Waals surface area contributed by atoms with E-state index in [1.54, 1.807) is 26.0 Å². The van der Waals surface area contributed by atoms with Gasteiger partial charge in [0.25, 0.3) is 17.7 Å². The fraction of sp³-hybridized carbons (Fsp3) is 0.273. The van der Waals surface area contributed by atoms with Crippen LogP contribution in [0.15, 0.2) is 48.5 Å². The van der Waals surface area contributed by atoms with Gasteiger partial charge in [0.05, 0.1) is 11.1 Å². The van der Waals surface area contributed by atoms with Crippen molar-refractivity contribution in [2.24, 2.45) is 5.92 Å². The van der Waals surface area contributed by atoms with Crippen LogP contribution < -0.4 is 5.32 Å². The zero-order valence-corrected chi connectivity index (χ0v) is 16.7. The topological polar surface area (TPSA) is 92.8 Å². The second-order valence-electron chi connectivity index (χ2n) is 7.29. The molecule has 0 aromatic heterocycles. The number of nitrogens with one attached hydrogen (secondary N) is 1. The molecule has 3 amide bonds. The van der Waals surface area contributed by atoms with Gasteiger partial charge in [0, 0.05) is 5.69 Å². The van der Waals surface area contributed by atoms with Gasteiger partial charge in [0.15, 0.2) is 6.10 Å². The van der Waals surface area contributed by atoms with Crippen LogP contribution in [0, 0.1) is 11.7 Å². The Morgan fingerprint density at radius 3 is 1.97 bits per heavy atom. The van der Waals surface area contributed by atoms with Crippen LogP contribution >= 0.6 is 0 Å². The summed E-state index contributed by atoms with van der Waals surface area (Å²) in [4.78, 5) is 51.5. The number of ether oxygens (including phenoxy) is 1. The maximum Gasteiger partial charge on any atom is 0.330 e. The number of rotatable bonds is 6. The summed E-state index contributed by atoms with van der Waals surface area (Å²) in [6.07, 6.45) is -1.20. The van der Waals surface area contributed by atoms with Crippen LogP contribution in [0.25, 0.3) is 0 Å². The molecular formula is C22H21FN2O5. The molecule has 0 radical (unpaired) electrons. The number of benzene rings is 2. The van der Waals surface area contributed by atoms with E-state index in [4.69, 9.17) is 4.74 Å². The molecule has 1 heterocycles. The molecule has 1 N–H and O–H groups in total. The Morgan fingerprint density at radius 2 is 1.47 bits per heavy atom. The van der Waals surface area contributed by atoms with Crippen molar-refractivity contribution in [2.75, 3.05) is 5.32 Å². The molecule has 1 aliphatic heterocycles. The van der Waals surface area contributed by atoms with Gasteiger partial charge in [0.1, 0.15) is 11.9 Å². The lowest BCUT2D eigenvalue weighted by Crippen LogP contribution is -2.50. The second-order valence-corrected chi connectivity index (χ2v) is 7.29. The first-order valence-electron chi connectivity index (χ1n) is 9.44. The monoisotopic (exact) mass is 412 g/mol. The van der Waals surface area contributed by atoms with Crippen molar-refractivity contribution >= 4 is 29.4 Å². The molecule has 0 fully saturated rings. The highest BCUT2D eigenvalue weighted by Crippen LogP contribution is 2.28. The Morgan fingerprint density at radius 1 is 0.933 bits per heavy atom. The van der Waals surface area contributed by atoms with Crippen LogP contribution in [0.4, 0.5) is 10.1 Å². The highest BCUT2D eigenvalue weighted by Gasteiger charge is 2.45. The van der Waals surface area contributed by atoms with Gasteiger partial charge in [-0.15, -0.1) is 0 Å². The third-order valence-electron chi connectivity index (χ3n) is 4.75. The first-order chi connectivity index (χ1) is 14.2. The standard InChI is InChI=1S/C22H21FN2O5/c1-12(2)18(25-20(27)16-6-4-5-7-17(16)21(25)28)22(29)30-13(3)19(26)24-15-10-8-14(23)9-11-15/h4-13,18H,1-3H3,(H,24,26)/t13-,18-/m0/s1. The molecule has 0 saturated carbocycles. The van der Waals surface area contributed by atoms with Gasteiger partial charge in [-0.3, -0.25) is 19.3 Å². The molecule has 7 nitrogen and oxygen atoms in total. The number of carbonyl (C=O) groups is 4. The predicted octanol–water partition coefficient (Wildman–Crippen LogP) is 3.02. The van der Waals surface area contributed by atoms with Crippen molar-refractivity contribution in [3.05, 3.63) is 65.5 Å². The number of halogens is 1. The van der Waals surface area contributed by atoms with Crippen LogP contribution in [0.1, 0.15) is 41.5 Å². The Hall–Kier alpha value is -3.55. The molecular weight excluding hydrogens is 391 g/mol. The molecule has 0 saturated heterocycles. The Balaban J connectivity index is 1.73. The Bertz CT molecular complexity index is 968. The molecule has 156 valence electrons. The van der Waals surface area contributed by atoms with E-state index >= 15 is 0 Å². The molecule has 2 aromatic carbocycles. The smallest absolute Gasteiger partial charge is 0.330 e. The normalized spacial score (nSPS) is 15.0. The van der Waals surface area contributed by atoms with Crippen LogP contribution in [0.3, 0.4) is 0 Å². The summed E-state index contributed by atoms with van der Waals surface area (Å²) in [6.45, 7) is 4.73. The van der Waals surface area contributed by atoms with E-state index in [2.05, 4.69) is 5.32 Å². The summed E-state index contributed by atoms with van der Waals surface area (Å²) in [7, 11) is 0. The largest absolute Gasteiger partial charge is 0.451 e. The van der Waals surface area contributed by atoms with E-state index in [1.165, 1.54) is 43.3 Å². The van der Waals surface area contributed by atoms with Gasteiger partial charge < -0.3 is 10.1 Å². The molecule has 2 atom stereocenters. The van der Waals surface area contributed by atoms with Crippen molar-refractivity contribution in [1.82, 2.24) is 4.90 Å². The third kappa shape index (κ3) is 4.07. The van der Waals surface area contributed by atoms with Gasteiger partial charge in [-0.05, 0) is 49.2 Å². The molecule has 3 rings (SSSR count). The number of imide groups is 1. The number of amides is 3. The van der Waals surface area contributed by atoms with E-state index < -0.39 is 47.6 Å². The van der Waals surface area contributed by atoms with E-state index in [9.17, 15) is 23.6 Å². The summed E-state index contributed by atoms with van der Waals surface area (Å²) in [5.74, 6) is -3.52. The summed E-state index contributed by atoms with van der Waals surface area (Å²) >= 11 is 0. The quantitative estimate of drug-likeness (QED) is 0.582. The van der Waals surface area contributed by atoms with Gasteiger partial charge in [-0.2, -0.15) is 0 Å². The lowest BCUT2D eigenvalue weighted by atomic mass is 10.0. The van der Waals surface area contributed by atoms with Gasteiger partial charge in [-0.25, -0.2) is 9.18 Å². The first kappa shape index (κ1) is 21.2. The SMILES string of the molecule is CC(C)[C@@H](C(=O)O[C@@H](C)C(=O)Nc1ccc(F)cc1)N1C(=O)c2ccccc2C1=O. The zero-order chi connectivity index (χ0) is 22.0. The lowest BCUT2D eigenvalue weighted by Gasteiger charge is -2.28. The number of esters is 1. The van der Waals surface area contributed by atoms with Crippen LogP contribution in [0.2, 0.25) is 0 Å². The minimum atomic E-state index is -1.20. The summed E-state index contributed by atoms with van der Waals surface area (Å²) in [5, 5.41) is 2.51. The molecule has 8 heteroatoms. The highest BCUT2D eigenvalue weighted by molar-refractivity contribution is 6.22. The molecule has 30 heavy (non-hydrogen) atoms. The molecule has 0 aliphatic carbocycles. The van der Waals surface area contributed by atoms with E-state index in [1.807, 2.05) is 0 Å². The van der Waals surface area contributed by atoms with Crippen molar-refractivity contribution in [2.45, 2.75) is 32.9 Å².